The minimum absolute atomic E-state index is 0.0707. The Labute approximate surface area is 209 Å². The summed E-state index contributed by atoms with van der Waals surface area (Å²) < 4.78 is 24.6. The molecule has 8 heteroatoms. The van der Waals surface area contributed by atoms with Gasteiger partial charge in [0.1, 0.15) is 11.9 Å². The summed E-state index contributed by atoms with van der Waals surface area (Å²) in [5.74, 6) is -1.07. The van der Waals surface area contributed by atoms with Gasteiger partial charge in [0.05, 0.1) is 19.5 Å². The molecule has 36 heavy (non-hydrogen) atoms. The molecule has 0 radical (unpaired) electrons. The van der Waals surface area contributed by atoms with Crippen molar-refractivity contribution in [1.82, 2.24) is 5.32 Å². The Kier molecular flexibility index (Phi) is 7.32. The summed E-state index contributed by atoms with van der Waals surface area (Å²) in [6, 6.07) is 15.6. The Hall–Kier alpha value is -3.65. The fourth-order valence-corrected chi connectivity index (χ4v) is 4.96. The smallest absolute Gasteiger partial charge is 0.294 e. The van der Waals surface area contributed by atoms with Gasteiger partial charge in [-0.1, -0.05) is 25.0 Å². The second-order valence-electron chi connectivity index (χ2n) is 9.21. The first kappa shape index (κ1) is 24.1. The molecule has 1 aliphatic carbocycles. The van der Waals surface area contributed by atoms with Gasteiger partial charge in [-0.25, -0.2) is 4.39 Å². The molecular formula is C28H30FN3O4. The number of nitrogens with one attached hydrogen (secondary N) is 1. The lowest BCUT2D eigenvalue weighted by Crippen LogP contribution is -2.46. The molecule has 188 valence electrons. The van der Waals surface area contributed by atoms with Crippen LogP contribution in [0.25, 0.3) is 0 Å². The third-order valence-corrected chi connectivity index (χ3v) is 6.85. The van der Waals surface area contributed by atoms with E-state index in [9.17, 15) is 14.0 Å². The molecule has 0 unspecified atom stereocenters. The summed E-state index contributed by atoms with van der Waals surface area (Å²) in [6.45, 7) is 2.93. The van der Waals surface area contributed by atoms with Crippen LogP contribution in [0.1, 0.15) is 47.8 Å². The van der Waals surface area contributed by atoms with Gasteiger partial charge in [0.2, 0.25) is 5.91 Å². The Balaban J connectivity index is 1.54. The molecule has 1 aromatic heterocycles. The summed E-state index contributed by atoms with van der Waals surface area (Å²) in [4.78, 5) is 31.1. The SMILES string of the molecule is O=C(NC1CCCC1)[C@H](c1ccc(N2CCOCC2)cc1)N(C(=O)c1ccco1)c1ccc(F)cc1. The van der Waals surface area contributed by atoms with Crippen molar-refractivity contribution in [2.75, 3.05) is 36.1 Å². The maximum atomic E-state index is 13.8. The molecule has 2 fully saturated rings. The second-order valence-corrected chi connectivity index (χ2v) is 9.21. The number of amides is 2. The number of nitrogens with zero attached hydrogens (tertiary/aromatic N) is 2. The first-order valence-corrected chi connectivity index (χ1v) is 12.5. The van der Waals surface area contributed by atoms with E-state index in [1.807, 2.05) is 24.3 Å². The van der Waals surface area contributed by atoms with Crippen molar-refractivity contribution >= 4 is 23.2 Å². The van der Waals surface area contributed by atoms with E-state index in [0.29, 0.717) is 24.5 Å². The third-order valence-electron chi connectivity index (χ3n) is 6.85. The predicted molar refractivity (Wildman–Crippen MR) is 135 cm³/mol. The first-order valence-electron chi connectivity index (χ1n) is 12.5. The van der Waals surface area contributed by atoms with Gasteiger partial charge in [-0.05, 0) is 66.9 Å². The van der Waals surface area contributed by atoms with Crippen LogP contribution in [0.3, 0.4) is 0 Å². The van der Waals surface area contributed by atoms with E-state index in [0.717, 1.165) is 44.5 Å². The molecule has 1 saturated carbocycles. The van der Waals surface area contributed by atoms with Gasteiger partial charge in [0.15, 0.2) is 5.76 Å². The highest BCUT2D eigenvalue weighted by Crippen LogP contribution is 2.32. The fraction of sp³-hybridized carbons (Fsp3) is 0.357. The van der Waals surface area contributed by atoms with Crippen molar-refractivity contribution in [2.24, 2.45) is 0 Å². The molecule has 2 heterocycles. The number of benzene rings is 2. The van der Waals surface area contributed by atoms with Gasteiger partial charge < -0.3 is 19.4 Å². The summed E-state index contributed by atoms with van der Waals surface area (Å²) >= 11 is 0. The number of anilines is 2. The maximum Gasteiger partial charge on any atom is 0.294 e. The Morgan fingerprint density at radius 2 is 1.67 bits per heavy atom. The molecule has 5 rings (SSSR count). The highest BCUT2D eigenvalue weighted by Gasteiger charge is 2.36. The van der Waals surface area contributed by atoms with E-state index in [2.05, 4.69) is 10.2 Å². The molecule has 1 atom stereocenters. The minimum atomic E-state index is -0.965. The van der Waals surface area contributed by atoms with Gasteiger partial charge in [-0.2, -0.15) is 0 Å². The van der Waals surface area contributed by atoms with Crippen molar-refractivity contribution in [3.63, 3.8) is 0 Å². The lowest BCUT2D eigenvalue weighted by atomic mass is 10.0. The number of ether oxygens (including phenoxy) is 1. The van der Waals surface area contributed by atoms with E-state index < -0.39 is 17.8 Å². The van der Waals surface area contributed by atoms with Crippen LogP contribution >= 0.6 is 0 Å². The van der Waals surface area contributed by atoms with E-state index in [1.165, 1.54) is 35.4 Å². The number of halogens is 1. The number of morpholine rings is 1. The van der Waals surface area contributed by atoms with Crippen LogP contribution in [0.5, 0.6) is 0 Å². The second kappa shape index (κ2) is 11.0. The van der Waals surface area contributed by atoms with Crippen LogP contribution in [0.2, 0.25) is 0 Å². The average molecular weight is 492 g/mol. The lowest BCUT2D eigenvalue weighted by Gasteiger charge is -2.32. The van der Waals surface area contributed by atoms with Crippen LogP contribution in [-0.2, 0) is 9.53 Å². The zero-order chi connectivity index (χ0) is 24.9. The van der Waals surface area contributed by atoms with Gasteiger partial charge in [0, 0.05) is 30.5 Å². The van der Waals surface area contributed by atoms with Crippen LogP contribution in [0, 0.1) is 5.82 Å². The molecule has 2 aliphatic rings. The van der Waals surface area contributed by atoms with Crippen molar-refractivity contribution in [1.29, 1.82) is 0 Å². The van der Waals surface area contributed by atoms with Crippen molar-refractivity contribution in [2.45, 2.75) is 37.8 Å². The molecule has 3 aromatic rings. The minimum Gasteiger partial charge on any atom is -0.459 e. The van der Waals surface area contributed by atoms with Crippen LogP contribution in [-0.4, -0.2) is 44.2 Å². The fourth-order valence-electron chi connectivity index (χ4n) is 4.96. The Morgan fingerprint density at radius 3 is 2.31 bits per heavy atom. The number of rotatable bonds is 7. The number of carbonyl (C=O) groups is 2. The number of hydrogen-bond acceptors (Lipinski definition) is 5. The highest BCUT2D eigenvalue weighted by atomic mass is 19.1. The van der Waals surface area contributed by atoms with Crippen LogP contribution < -0.4 is 15.1 Å². The highest BCUT2D eigenvalue weighted by molar-refractivity contribution is 6.08. The Morgan fingerprint density at radius 1 is 0.972 bits per heavy atom. The number of hydrogen-bond donors (Lipinski definition) is 1. The quantitative estimate of drug-likeness (QED) is 0.519. The normalized spacial score (nSPS) is 17.1. The standard InChI is InChI=1S/C28H30FN3O4/c29-21-9-13-24(14-10-21)32(28(34)25-6-3-17-36-25)26(27(33)30-22-4-1-2-5-22)20-7-11-23(12-8-20)31-15-18-35-19-16-31/h3,6-14,17,22,26H,1-2,4-5,15-16,18-19H2,(H,30,33)/t26-/m0/s1. The Bertz CT molecular complexity index is 1150. The van der Waals surface area contributed by atoms with Gasteiger partial charge in [-0.15, -0.1) is 0 Å². The van der Waals surface area contributed by atoms with Gasteiger partial charge >= 0.3 is 0 Å². The van der Waals surface area contributed by atoms with Crippen molar-refractivity contribution in [3.8, 4) is 0 Å². The zero-order valence-electron chi connectivity index (χ0n) is 20.1. The van der Waals surface area contributed by atoms with Gasteiger partial charge in [-0.3, -0.25) is 14.5 Å². The molecule has 0 spiro atoms. The lowest BCUT2D eigenvalue weighted by molar-refractivity contribution is -0.123. The monoisotopic (exact) mass is 491 g/mol. The van der Waals surface area contributed by atoms with E-state index in [4.69, 9.17) is 9.15 Å². The molecule has 7 nitrogen and oxygen atoms in total. The predicted octanol–water partition coefficient (Wildman–Crippen LogP) is 4.70. The summed E-state index contributed by atoms with van der Waals surface area (Å²) in [5, 5.41) is 3.15. The van der Waals surface area contributed by atoms with E-state index in [1.54, 1.807) is 12.1 Å². The van der Waals surface area contributed by atoms with Gasteiger partial charge in [0.25, 0.3) is 5.91 Å². The maximum absolute atomic E-state index is 13.8. The van der Waals surface area contributed by atoms with Crippen molar-refractivity contribution in [3.05, 3.63) is 84.1 Å². The first-order chi connectivity index (χ1) is 17.6. The van der Waals surface area contributed by atoms with Crippen LogP contribution in [0.4, 0.5) is 15.8 Å². The third kappa shape index (κ3) is 5.28. The molecular weight excluding hydrogens is 461 g/mol. The molecule has 1 saturated heterocycles. The molecule has 1 aliphatic heterocycles. The zero-order valence-corrected chi connectivity index (χ0v) is 20.1. The average Bonchev–Trinajstić information content (AvgIpc) is 3.63. The van der Waals surface area contributed by atoms with Crippen molar-refractivity contribution < 1.29 is 23.1 Å². The largest absolute Gasteiger partial charge is 0.459 e. The summed E-state index contributed by atoms with van der Waals surface area (Å²) in [5.41, 5.74) is 2.09. The topological polar surface area (TPSA) is 75.0 Å². The number of carbonyl (C=O) groups excluding carboxylic acids is 2. The molecule has 1 N–H and O–H groups in total. The van der Waals surface area contributed by atoms with E-state index >= 15 is 0 Å². The molecule has 0 bridgehead atoms. The molecule has 2 aromatic carbocycles. The summed E-state index contributed by atoms with van der Waals surface area (Å²) in [6.07, 6.45) is 5.38. The van der Waals surface area contributed by atoms with Crippen LogP contribution in [0.15, 0.2) is 71.3 Å². The molecule has 2 amide bonds. The van der Waals surface area contributed by atoms with E-state index in [-0.39, 0.29) is 17.7 Å². The summed E-state index contributed by atoms with van der Waals surface area (Å²) in [7, 11) is 0. The number of furan rings is 1.